The van der Waals surface area contributed by atoms with Crippen molar-refractivity contribution in [2.75, 3.05) is 20.8 Å². The van der Waals surface area contributed by atoms with Crippen molar-refractivity contribution in [1.29, 1.82) is 0 Å². The fourth-order valence-electron chi connectivity index (χ4n) is 2.64. The molecular formula is C20H20N2O5. The minimum atomic E-state index is -0.346. The Kier molecular flexibility index (Phi) is 5.61. The van der Waals surface area contributed by atoms with Gasteiger partial charge in [0.1, 0.15) is 5.75 Å². The number of hydrogen-bond donors (Lipinski definition) is 2. The smallest absolute Gasteiger partial charge is 0.273 e. The van der Waals surface area contributed by atoms with Crippen molar-refractivity contribution in [3.8, 4) is 28.6 Å². The van der Waals surface area contributed by atoms with Crippen LogP contribution in [0.4, 0.5) is 0 Å². The van der Waals surface area contributed by atoms with E-state index < -0.39 is 0 Å². The lowest BCUT2D eigenvalue weighted by molar-refractivity contribution is 0.0945. The summed E-state index contributed by atoms with van der Waals surface area (Å²) in [5, 5.41) is 16.4. The number of hydrogen-bond acceptors (Lipinski definition) is 6. The molecule has 2 aromatic carbocycles. The van der Waals surface area contributed by atoms with E-state index in [2.05, 4.69) is 10.5 Å². The Labute approximate surface area is 156 Å². The third-order valence-electron chi connectivity index (χ3n) is 4.06. The summed E-state index contributed by atoms with van der Waals surface area (Å²) in [5.74, 6) is 1.35. The number of carbonyl (C=O) groups excluding carboxylic acids is 1. The van der Waals surface area contributed by atoms with Crippen LogP contribution in [0.25, 0.3) is 11.3 Å². The molecule has 140 valence electrons. The molecule has 0 radical (unpaired) electrons. The van der Waals surface area contributed by atoms with E-state index in [1.54, 1.807) is 38.5 Å². The van der Waals surface area contributed by atoms with Gasteiger partial charge in [0.25, 0.3) is 5.91 Å². The zero-order chi connectivity index (χ0) is 19.2. The van der Waals surface area contributed by atoms with E-state index in [9.17, 15) is 9.90 Å². The number of nitrogens with one attached hydrogen (secondary N) is 1. The summed E-state index contributed by atoms with van der Waals surface area (Å²) in [7, 11) is 3.16. The summed E-state index contributed by atoms with van der Waals surface area (Å²) in [6.45, 7) is 0.424. The molecular weight excluding hydrogens is 348 g/mol. The van der Waals surface area contributed by atoms with Crippen LogP contribution in [0.15, 0.2) is 53.1 Å². The number of carbonyl (C=O) groups is 1. The fourth-order valence-corrected chi connectivity index (χ4v) is 2.64. The second-order valence-electron chi connectivity index (χ2n) is 5.79. The fraction of sp³-hybridized carbons (Fsp3) is 0.200. The van der Waals surface area contributed by atoms with Gasteiger partial charge in [-0.1, -0.05) is 23.4 Å². The number of amides is 1. The topological polar surface area (TPSA) is 93.8 Å². The molecule has 0 saturated carbocycles. The lowest BCUT2D eigenvalue weighted by Crippen LogP contribution is -2.25. The van der Waals surface area contributed by atoms with Crippen LogP contribution in [0.2, 0.25) is 0 Å². The molecule has 27 heavy (non-hydrogen) atoms. The second-order valence-corrected chi connectivity index (χ2v) is 5.79. The van der Waals surface area contributed by atoms with Crippen LogP contribution < -0.4 is 14.8 Å². The van der Waals surface area contributed by atoms with Crippen LogP contribution in [0.5, 0.6) is 17.2 Å². The SMILES string of the molecule is COc1ccc(CCNC(=O)c2cc(-c3ccccc3O)on2)cc1OC. The number of aromatic hydroxyl groups is 1. The maximum absolute atomic E-state index is 12.2. The minimum absolute atomic E-state index is 0.0639. The average molecular weight is 368 g/mol. The van der Waals surface area contributed by atoms with E-state index in [4.69, 9.17) is 14.0 Å². The molecule has 2 N–H and O–H groups in total. The minimum Gasteiger partial charge on any atom is -0.507 e. The monoisotopic (exact) mass is 368 g/mol. The first-order chi connectivity index (χ1) is 13.1. The molecule has 3 aromatic rings. The summed E-state index contributed by atoms with van der Waals surface area (Å²) in [4.78, 5) is 12.2. The third kappa shape index (κ3) is 4.20. The number of benzene rings is 2. The number of rotatable bonds is 7. The molecule has 7 heteroatoms. The molecule has 0 bridgehead atoms. The van der Waals surface area contributed by atoms with Gasteiger partial charge in [-0.3, -0.25) is 4.79 Å². The highest BCUT2D eigenvalue weighted by atomic mass is 16.5. The Morgan fingerprint density at radius 3 is 2.63 bits per heavy atom. The van der Waals surface area contributed by atoms with E-state index in [0.29, 0.717) is 35.8 Å². The van der Waals surface area contributed by atoms with E-state index in [1.165, 1.54) is 6.07 Å². The Bertz CT molecular complexity index is 936. The van der Waals surface area contributed by atoms with Crippen molar-refractivity contribution < 1.29 is 23.9 Å². The zero-order valence-electron chi connectivity index (χ0n) is 15.1. The van der Waals surface area contributed by atoms with Crippen LogP contribution in [0.3, 0.4) is 0 Å². The van der Waals surface area contributed by atoms with Gasteiger partial charge >= 0.3 is 0 Å². The van der Waals surface area contributed by atoms with E-state index in [-0.39, 0.29) is 17.4 Å². The highest BCUT2D eigenvalue weighted by Gasteiger charge is 2.15. The molecule has 0 unspecified atom stereocenters. The number of phenolic OH excluding ortho intramolecular Hbond substituents is 1. The Morgan fingerprint density at radius 2 is 1.89 bits per heavy atom. The van der Waals surface area contributed by atoms with Gasteiger partial charge in [0.2, 0.25) is 0 Å². The van der Waals surface area contributed by atoms with Crippen LogP contribution in [-0.4, -0.2) is 36.9 Å². The maximum Gasteiger partial charge on any atom is 0.273 e. The van der Waals surface area contributed by atoms with E-state index in [1.807, 2.05) is 18.2 Å². The largest absolute Gasteiger partial charge is 0.507 e. The first-order valence-electron chi connectivity index (χ1n) is 8.36. The van der Waals surface area contributed by atoms with E-state index in [0.717, 1.165) is 5.56 Å². The predicted octanol–water partition coefficient (Wildman–Crippen LogP) is 3.04. The average Bonchev–Trinajstić information content (AvgIpc) is 3.18. The number of methoxy groups -OCH3 is 2. The van der Waals surface area contributed by atoms with Gasteiger partial charge in [-0.25, -0.2) is 0 Å². The van der Waals surface area contributed by atoms with Crippen LogP contribution in [-0.2, 0) is 6.42 Å². The molecule has 0 saturated heterocycles. The normalized spacial score (nSPS) is 10.4. The van der Waals surface area contributed by atoms with Gasteiger partial charge in [0.05, 0.1) is 19.8 Å². The summed E-state index contributed by atoms with van der Waals surface area (Å²) in [6.07, 6.45) is 0.621. The molecule has 1 aromatic heterocycles. The molecule has 0 aliphatic carbocycles. The predicted molar refractivity (Wildman–Crippen MR) is 99.2 cm³/mol. The van der Waals surface area contributed by atoms with Crippen molar-refractivity contribution in [3.05, 3.63) is 59.8 Å². The lowest BCUT2D eigenvalue weighted by Gasteiger charge is -2.09. The van der Waals surface area contributed by atoms with E-state index >= 15 is 0 Å². The Hall–Kier alpha value is -3.48. The van der Waals surface area contributed by atoms with Gasteiger partial charge in [-0.05, 0) is 36.2 Å². The molecule has 0 aliphatic heterocycles. The molecule has 0 spiro atoms. The highest BCUT2D eigenvalue weighted by Crippen LogP contribution is 2.29. The molecule has 0 aliphatic rings. The number of para-hydroxylation sites is 1. The van der Waals surface area contributed by atoms with Gasteiger partial charge in [0.15, 0.2) is 23.0 Å². The van der Waals surface area contributed by atoms with Gasteiger partial charge in [0, 0.05) is 12.6 Å². The number of phenols is 1. The molecule has 0 fully saturated rings. The summed E-state index contributed by atoms with van der Waals surface area (Å²) in [6, 6.07) is 13.8. The molecule has 1 heterocycles. The Morgan fingerprint density at radius 1 is 1.11 bits per heavy atom. The van der Waals surface area contributed by atoms with Gasteiger partial charge in [-0.2, -0.15) is 0 Å². The second kappa shape index (κ2) is 8.27. The molecule has 7 nitrogen and oxygen atoms in total. The van der Waals surface area contributed by atoms with Crippen molar-refractivity contribution in [1.82, 2.24) is 10.5 Å². The Balaban J connectivity index is 1.60. The van der Waals surface area contributed by atoms with Crippen LogP contribution in [0.1, 0.15) is 16.1 Å². The summed E-state index contributed by atoms with van der Waals surface area (Å²) < 4.78 is 15.7. The number of ether oxygens (including phenoxy) is 2. The molecule has 0 atom stereocenters. The quantitative estimate of drug-likeness (QED) is 0.666. The third-order valence-corrected chi connectivity index (χ3v) is 4.06. The van der Waals surface area contributed by atoms with Crippen molar-refractivity contribution in [2.24, 2.45) is 0 Å². The zero-order valence-corrected chi connectivity index (χ0v) is 15.1. The first kappa shape index (κ1) is 18.3. The van der Waals surface area contributed by atoms with Gasteiger partial charge in [-0.15, -0.1) is 0 Å². The number of nitrogens with zero attached hydrogens (tertiary/aromatic N) is 1. The highest BCUT2D eigenvalue weighted by molar-refractivity contribution is 5.93. The van der Waals surface area contributed by atoms with Crippen LogP contribution in [0, 0.1) is 0 Å². The standard InChI is InChI=1S/C20H20N2O5/c1-25-17-8-7-13(11-19(17)26-2)9-10-21-20(24)15-12-18(27-22-15)14-5-3-4-6-16(14)23/h3-8,11-12,23H,9-10H2,1-2H3,(H,21,24). The van der Waals surface area contributed by atoms with Crippen LogP contribution >= 0.6 is 0 Å². The number of aromatic nitrogens is 1. The van der Waals surface area contributed by atoms with Crippen molar-refractivity contribution >= 4 is 5.91 Å². The van der Waals surface area contributed by atoms with Crippen molar-refractivity contribution in [3.63, 3.8) is 0 Å². The summed E-state index contributed by atoms with van der Waals surface area (Å²) >= 11 is 0. The molecule has 1 amide bonds. The van der Waals surface area contributed by atoms with Crippen molar-refractivity contribution in [2.45, 2.75) is 6.42 Å². The maximum atomic E-state index is 12.2. The molecule has 3 rings (SSSR count). The van der Waals surface area contributed by atoms with Gasteiger partial charge < -0.3 is 24.4 Å². The lowest BCUT2D eigenvalue weighted by atomic mass is 10.1. The summed E-state index contributed by atoms with van der Waals surface area (Å²) in [5.41, 5.74) is 1.64. The first-order valence-corrected chi connectivity index (χ1v) is 8.36.